The summed E-state index contributed by atoms with van der Waals surface area (Å²) in [6.45, 7) is 3.26. The molecule has 3 nitrogen and oxygen atoms in total. The van der Waals surface area contributed by atoms with Crippen molar-refractivity contribution in [1.82, 2.24) is 0 Å². The van der Waals surface area contributed by atoms with E-state index in [9.17, 15) is 4.79 Å². The molecule has 14 heavy (non-hydrogen) atoms. The fraction of sp³-hybridized carbons (Fsp3) is 0. The van der Waals surface area contributed by atoms with Gasteiger partial charge in [0, 0.05) is 5.69 Å². The summed E-state index contributed by atoms with van der Waals surface area (Å²) in [5, 5.41) is 11.6. The number of amides is 1. The number of rotatable bonds is 2. The van der Waals surface area contributed by atoms with Gasteiger partial charge in [0.05, 0.1) is 10.1 Å². The van der Waals surface area contributed by atoms with Crippen LogP contribution in [0.5, 0.6) is 5.75 Å². The zero-order valence-corrected chi connectivity index (χ0v) is 8.56. The topological polar surface area (TPSA) is 49.3 Å². The summed E-state index contributed by atoms with van der Waals surface area (Å²) >= 11 is 11.0. The number of aromatic hydroxyl groups is 1. The molecule has 2 N–H and O–H groups in total. The minimum Gasteiger partial charge on any atom is -0.506 e. The first-order valence-corrected chi connectivity index (χ1v) is 4.40. The molecule has 0 bridgehead atoms. The van der Waals surface area contributed by atoms with E-state index in [4.69, 9.17) is 28.3 Å². The van der Waals surface area contributed by atoms with Gasteiger partial charge >= 0.3 is 0 Å². The van der Waals surface area contributed by atoms with Gasteiger partial charge in [0.1, 0.15) is 5.75 Å². The van der Waals surface area contributed by atoms with Crippen LogP contribution < -0.4 is 5.32 Å². The molecule has 0 aliphatic rings. The van der Waals surface area contributed by atoms with E-state index in [-0.39, 0.29) is 15.8 Å². The first-order chi connectivity index (χ1) is 6.50. The first kappa shape index (κ1) is 10.9. The van der Waals surface area contributed by atoms with Gasteiger partial charge in [0.25, 0.3) is 5.91 Å². The second kappa shape index (κ2) is 4.35. The Morgan fingerprint density at radius 3 is 2.64 bits per heavy atom. The zero-order valence-electron chi connectivity index (χ0n) is 7.05. The third kappa shape index (κ3) is 2.65. The molecule has 1 aromatic carbocycles. The molecule has 0 fully saturated rings. The van der Waals surface area contributed by atoms with E-state index in [1.807, 2.05) is 0 Å². The van der Waals surface area contributed by atoms with Crippen LogP contribution in [0.2, 0.25) is 5.02 Å². The minimum atomic E-state index is -0.506. The lowest BCUT2D eigenvalue weighted by atomic mass is 10.3. The normalized spacial score (nSPS) is 9.57. The summed E-state index contributed by atoms with van der Waals surface area (Å²) in [5.41, 5.74) is 0.444. The number of hydrogen-bond donors (Lipinski definition) is 2. The van der Waals surface area contributed by atoms with Crippen LogP contribution in [-0.4, -0.2) is 11.0 Å². The van der Waals surface area contributed by atoms with Crippen LogP contribution in [0.1, 0.15) is 0 Å². The predicted octanol–water partition coefficient (Wildman–Crippen LogP) is 2.74. The van der Waals surface area contributed by atoms with Crippen molar-refractivity contribution in [2.75, 3.05) is 5.32 Å². The van der Waals surface area contributed by atoms with Crippen molar-refractivity contribution in [2.24, 2.45) is 0 Å². The summed E-state index contributed by atoms with van der Waals surface area (Å²) in [6.07, 6.45) is 0. The Morgan fingerprint density at radius 1 is 1.50 bits per heavy atom. The number of phenolic OH excluding ortho intramolecular Hbond substituents is 1. The van der Waals surface area contributed by atoms with E-state index < -0.39 is 5.91 Å². The molecule has 0 aliphatic heterocycles. The Bertz CT molecular complexity index is 390. The number of carbonyl (C=O) groups is 1. The molecule has 0 aromatic heterocycles. The molecule has 0 atom stereocenters. The number of hydrogen-bond acceptors (Lipinski definition) is 2. The Hall–Kier alpha value is -1.19. The van der Waals surface area contributed by atoms with Gasteiger partial charge < -0.3 is 10.4 Å². The average Bonchev–Trinajstić information content (AvgIpc) is 2.11. The smallest absolute Gasteiger partial charge is 0.266 e. The lowest BCUT2D eigenvalue weighted by Gasteiger charge is -2.04. The Balaban J connectivity index is 2.83. The highest BCUT2D eigenvalue weighted by Gasteiger charge is 2.05. The standard InChI is InChI=1S/C9H7Cl2NO2/c1-5(10)9(14)12-6-2-3-8(13)7(11)4-6/h2-4,13H,1H2,(H,12,14). The summed E-state index contributed by atoms with van der Waals surface area (Å²) in [5.74, 6) is -0.553. The van der Waals surface area contributed by atoms with Crippen molar-refractivity contribution in [2.45, 2.75) is 0 Å². The summed E-state index contributed by atoms with van der Waals surface area (Å²) < 4.78 is 0. The Kier molecular flexibility index (Phi) is 3.38. The Labute approximate surface area is 90.9 Å². The fourth-order valence-corrected chi connectivity index (χ4v) is 1.01. The maximum Gasteiger partial charge on any atom is 0.266 e. The number of halogens is 2. The van der Waals surface area contributed by atoms with Crippen molar-refractivity contribution in [3.63, 3.8) is 0 Å². The Morgan fingerprint density at radius 2 is 2.14 bits per heavy atom. The van der Waals surface area contributed by atoms with E-state index >= 15 is 0 Å². The molecule has 1 rings (SSSR count). The summed E-state index contributed by atoms with van der Waals surface area (Å²) in [4.78, 5) is 11.1. The molecule has 0 saturated heterocycles. The molecule has 0 saturated carbocycles. The van der Waals surface area contributed by atoms with E-state index in [1.54, 1.807) is 0 Å². The van der Waals surface area contributed by atoms with Gasteiger partial charge in [-0.05, 0) is 18.2 Å². The van der Waals surface area contributed by atoms with Crippen LogP contribution in [-0.2, 0) is 4.79 Å². The minimum absolute atomic E-state index is 0.0469. The van der Waals surface area contributed by atoms with E-state index in [2.05, 4.69) is 11.9 Å². The SMILES string of the molecule is C=C(Cl)C(=O)Nc1ccc(O)c(Cl)c1. The summed E-state index contributed by atoms with van der Waals surface area (Å²) in [7, 11) is 0. The monoisotopic (exact) mass is 231 g/mol. The van der Waals surface area contributed by atoms with E-state index in [0.717, 1.165) is 0 Å². The molecule has 0 aliphatic carbocycles. The highest BCUT2D eigenvalue weighted by molar-refractivity contribution is 6.43. The molecule has 74 valence electrons. The second-order valence-corrected chi connectivity index (χ2v) is 3.39. The number of anilines is 1. The highest BCUT2D eigenvalue weighted by atomic mass is 35.5. The molecular formula is C9H7Cl2NO2. The van der Waals surface area contributed by atoms with Gasteiger partial charge in [-0.3, -0.25) is 4.79 Å². The van der Waals surface area contributed by atoms with Crippen molar-refractivity contribution in [3.05, 3.63) is 34.8 Å². The third-order valence-corrected chi connectivity index (χ3v) is 1.93. The molecule has 1 amide bonds. The van der Waals surface area contributed by atoms with Gasteiger partial charge in [0.15, 0.2) is 0 Å². The van der Waals surface area contributed by atoms with Crippen LogP contribution in [0.15, 0.2) is 29.8 Å². The maximum atomic E-state index is 11.1. The molecule has 5 heteroatoms. The summed E-state index contributed by atoms with van der Waals surface area (Å²) in [6, 6.07) is 4.28. The lowest BCUT2D eigenvalue weighted by Crippen LogP contribution is -2.10. The number of carbonyl (C=O) groups excluding carboxylic acids is 1. The highest BCUT2D eigenvalue weighted by Crippen LogP contribution is 2.26. The number of phenols is 1. The number of nitrogens with one attached hydrogen (secondary N) is 1. The third-order valence-electron chi connectivity index (χ3n) is 1.45. The van der Waals surface area contributed by atoms with Crippen LogP contribution in [0, 0.1) is 0 Å². The fourth-order valence-electron chi connectivity index (χ4n) is 0.784. The number of benzene rings is 1. The van der Waals surface area contributed by atoms with Crippen LogP contribution in [0.3, 0.4) is 0 Å². The van der Waals surface area contributed by atoms with Crippen molar-refractivity contribution < 1.29 is 9.90 Å². The van der Waals surface area contributed by atoms with Gasteiger partial charge in [-0.25, -0.2) is 0 Å². The molecular weight excluding hydrogens is 225 g/mol. The van der Waals surface area contributed by atoms with Gasteiger partial charge in [0.2, 0.25) is 0 Å². The van der Waals surface area contributed by atoms with Gasteiger partial charge in [-0.2, -0.15) is 0 Å². The van der Waals surface area contributed by atoms with Gasteiger partial charge in [-0.1, -0.05) is 29.8 Å². The lowest BCUT2D eigenvalue weighted by molar-refractivity contribution is -0.112. The van der Waals surface area contributed by atoms with Crippen LogP contribution >= 0.6 is 23.2 Å². The maximum absolute atomic E-state index is 11.1. The van der Waals surface area contributed by atoms with Crippen LogP contribution in [0.25, 0.3) is 0 Å². The predicted molar refractivity (Wildman–Crippen MR) is 56.7 cm³/mol. The molecule has 0 spiro atoms. The largest absolute Gasteiger partial charge is 0.506 e. The van der Waals surface area contributed by atoms with Crippen molar-refractivity contribution in [1.29, 1.82) is 0 Å². The molecule has 1 aromatic rings. The first-order valence-electron chi connectivity index (χ1n) is 3.65. The van der Waals surface area contributed by atoms with E-state index in [0.29, 0.717) is 5.69 Å². The molecule has 0 radical (unpaired) electrons. The molecule has 0 unspecified atom stereocenters. The van der Waals surface area contributed by atoms with E-state index in [1.165, 1.54) is 18.2 Å². The quantitative estimate of drug-likeness (QED) is 0.608. The van der Waals surface area contributed by atoms with Crippen molar-refractivity contribution >= 4 is 34.8 Å². The van der Waals surface area contributed by atoms with Gasteiger partial charge in [-0.15, -0.1) is 0 Å². The van der Waals surface area contributed by atoms with Crippen molar-refractivity contribution in [3.8, 4) is 5.75 Å². The molecule has 0 heterocycles. The second-order valence-electron chi connectivity index (χ2n) is 2.53. The van der Waals surface area contributed by atoms with Crippen LogP contribution in [0.4, 0.5) is 5.69 Å². The zero-order chi connectivity index (χ0) is 10.7. The average molecular weight is 232 g/mol.